The monoisotopic (exact) mass is 568 g/mol. The smallest absolute Gasteiger partial charge is 0.170 e. The van der Waals surface area contributed by atoms with Crippen molar-refractivity contribution in [2.75, 3.05) is 5.73 Å². The van der Waals surface area contributed by atoms with E-state index in [2.05, 4.69) is 112 Å². The predicted octanol–water partition coefficient (Wildman–Crippen LogP) is 8.91. The van der Waals surface area contributed by atoms with Crippen LogP contribution in [0.2, 0.25) is 0 Å². The molecule has 4 rings (SSSR count). The van der Waals surface area contributed by atoms with Crippen molar-refractivity contribution in [3.05, 3.63) is 107 Å². The molecule has 2 aromatic heterocycles. The summed E-state index contributed by atoms with van der Waals surface area (Å²) >= 11 is 0. The van der Waals surface area contributed by atoms with Gasteiger partial charge >= 0.3 is 0 Å². The molecule has 0 aliphatic rings. The highest BCUT2D eigenvalue weighted by molar-refractivity contribution is 5.80. The number of aldehydes is 1. The van der Waals surface area contributed by atoms with Gasteiger partial charge < -0.3 is 5.73 Å². The van der Waals surface area contributed by atoms with Crippen molar-refractivity contribution in [1.82, 2.24) is 19.9 Å². The fraction of sp³-hybridized carbons (Fsp3) is 0.371. The van der Waals surface area contributed by atoms with E-state index >= 15 is 0 Å². The topological polar surface area (TPSA) is 107 Å². The first kappa shape index (κ1) is 35.8. The number of carbonyl (C=O) groups is 1. The van der Waals surface area contributed by atoms with Crippen molar-refractivity contribution in [2.45, 2.75) is 86.5 Å². The zero-order valence-corrected chi connectivity index (χ0v) is 25.6. The normalized spacial score (nSPS) is 10.7. The maximum absolute atomic E-state index is 9.90. The summed E-state index contributed by atoms with van der Waals surface area (Å²) in [6, 6.07) is 12.8. The maximum atomic E-state index is 9.90. The number of aromatic nitrogens is 4. The average Bonchev–Trinajstić information content (AvgIpc) is 2.97. The molecule has 4 aromatic rings. The SMILES string of the molecule is C.CC(C)c1cccc(C(C)C)c1N.CC(C)c1cccc(C(C)C)c1N=Cc1cnccn1.O=Cc1cnccn1. The minimum absolute atomic E-state index is 0. The molecular formula is C35H48N6O. The van der Waals surface area contributed by atoms with Crippen molar-refractivity contribution < 1.29 is 4.79 Å². The van der Waals surface area contributed by atoms with E-state index in [1.54, 1.807) is 24.8 Å². The number of hydrogen-bond donors (Lipinski definition) is 1. The van der Waals surface area contributed by atoms with Crippen LogP contribution in [-0.2, 0) is 0 Å². The van der Waals surface area contributed by atoms with E-state index in [4.69, 9.17) is 10.7 Å². The molecule has 0 spiro atoms. The van der Waals surface area contributed by atoms with Crippen LogP contribution in [0.15, 0.2) is 78.6 Å². The van der Waals surface area contributed by atoms with E-state index in [-0.39, 0.29) is 7.43 Å². The molecule has 7 heteroatoms. The van der Waals surface area contributed by atoms with E-state index in [1.165, 1.54) is 40.8 Å². The molecule has 2 N–H and O–H groups in total. The minimum Gasteiger partial charge on any atom is -0.398 e. The van der Waals surface area contributed by atoms with Gasteiger partial charge in [-0.05, 0) is 45.9 Å². The quantitative estimate of drug-likeness (QED) is 0.135. The van der Waals surface area contributed by atoms with Gasteiger partial charge in [0.05, 0.1) is 30.0 Å². The van der Waals surface area contributed by atoms with E-state index in [9.17, 15) is 4.79 Å². The van der Waals surface area contributed by atoms with Gasteiger partial charge in [-0.1, -0.05) is 99.2 Å². The molecule has 0 aliphatic heterocycles. The molecule has 42 heavy (non-hydrogen) atoms. The molecule has 224 valence electrons. The lowest BCUT2D eigenvalue weighted by Gasteiger charge is -2.16. The number of aliphatic imine (C=N–C) groups is 1. The van der Waals surface area contributed by atoms with E-state index < -0.39 is 0 Å². The standard InChI is InChI=1S/C17H21N3.C12H19N.C5H4N2O.CH4/c1-12(2)15-6-5-7-16(13(3)4)17(15)20-11-14-10-18-8-9-19-14;1-8(2)10-6-5-7-11(9(3)4)12(10)13;8-4-5-3-6-1-2-7-5;/h5-13H,1-4H3;5-9H,13H2,1-4H3;1-4H;1H4. The second-order valence-corrected chi connectivity index (χ2v) is 10.9. The lowest BCUT2D eigenvalue weighted by molar-refractivity contribution is 0.111. The zero-order valence-electron chi connectivity index (χ0n) is 25.6. The molecule has 0 fully saturated rings. The lowest BCUT2D eigenvalue weighted by Crippen LogP contribution is -2.02. The van der Waals surface area contributed by atoms with Gasteiger partial charge in [0.15, 0.2) is 6.29 Å². The predicted molar refractivity (Wildman–Crippen MR) is 177 cm³/mol. The number of benzene rings is 2. The maximum Gasteiger partial charge on any atom is 0.170 e. The number of carbonyl (C=O) groups excluding carboxylic acids is 1. The highest BCUT2D eigenvalue weighted by atomic mass is 16.1. The summed E-state index contributed by atoms with van der Waals surface area (Å²) in [5.74, 6) is 1.92. The molecular weight excluding hydrogens is 520 g/mol. The molecule has 0 bridgehead atoms. The van der Waals surface area contributed by atoms with Crippen LogP contribution in [0.4, 0.5) is 11.4 Å². The van der Waals surface area contributed by atoms with Crippen LogP contribution in [0.25, 0.3) is 0 Å². The summed E-state index contributed by atoms with van der Waals surface area (Å²) in [5.41, 5.74) is 14.4. The van der Waals surface area contributed by atoms with Crippen LogP contribution in [0.1, 0.15) is 125 Å². The Bertz CT molecular complexity index is 1310. The number of nitrogens with two attached hydrogens (primary N) is 1. The van der Waals surface area contributed by atoms with E-state index in [1.807, 2.05) is 0 Å². The Labute approximate surface area is 252 Å². The largest absolute Gasteiger partial charge is 0.398 e. The van der Waals surface area contributed by atoms with Gasteiger partial charge in [0.2, 0.25) is 0 Å². The fourth-order valence-electron chi connectivity index (χ4n) is 4.15. The molecule has 0 atom stereocenters. The summed E-state index contributed by atoms with van der Waals surface area (Å²) in [7, 11) is 0. The Morgan fingerprint density at radius 1 is 0.643 bits per heavy atom. The number of para-hydroxylation sites is 2. The van der Waals surface area contributed by atoms with Crippen molar-refractivity contribution in [3.8, 4) is 0 Å². The minimum atomic E-state index is 0. The third kappa shape index (κ3) is 11.0. The van der Waals surface area contributed by atoms with Gasteiger partial charge in [0, 0.05) is 30.5 Å². The molecule has 0 amide bonds. The van der Waals surface area contributed by atoms with Gasteiger partial charge in [-0.3, -0.25) is 29.7 Å². The van der Waals surface area contributed by atoms with Gasteiger partial charge in [-0.25, -0.2) is 0 Å². The zero-order chi connectivity index (χ0) is 30.4. The van der Waals surface area contributed by atoms with Gasteiger partial charge in [-0.2, -0.15) is 0 Å². The van der Waals surface area contributed by atoms with Crippen LogP contribution in [0.3, 0.4) is 0 Å². The van der Waals surface area contributed by atoms with Crippen LogP contribution < -0.4 is 5.73 Å². The fourth-order valence-corrected chi connectivity index (χ4v) is 4.15. The number of nitrogen functional groups attached to an aromatic ring is 1. The summed E-state index contributed by atoms with van der Waals surface area (Å²) in [6.07, 6.45) is 11.9. The lowest BCUT2D eigenvalue weighted by atomic mass is 9.93. The second kappa shape index (κ2) is 18.2. The first-order valence-corrected chi connectivity index (χ1v) is 14.1. The molecule has 0 saturated carbocycles. The van der Waals surface area contributed by atoms with E-state index in [0.29, 0.717) is 35.7 Å². The van der Waals surface area contributed by atoms with Crippen molar-refractivity contribution in [2.24, 2.45) is 4.99 Å². The number of hydrogen-bond acceptors (Lipinski definition) is 7. The summed E-state index contributed by atoms with van der Waals surface area (Å²) < 4.78 is 0. The van der Waals surface area contributed by atoms with Gasteiger partial charge in [-0.15, -0.1) is 0 Å². The first-order chi connectivity index (χ1) is 19.6. The van der Waals surface area contributed by atoms with Gasteiger partial charge in [0.1, 0.15) is 5.69 Å². The Morgan fingerprint density at radius 2 is 1.05 bits per heavy atom. The van der Waals surface area contributed by atoms with Crippen LogP contribution in [0, 0.1) is 0 Å². The van der Waals surface area contributed by atoms with E-state index in [0.717, 1.165) is 17.1 Å². The van der Waals surface area contributed by atoms with Crippen LogP contribution in [-0.4, -0.2) is 32.4 Å². The Kier molecular flexibility index (Phi) is 15.5. The Morgan fingerprint density at radius 3 is 1.38 bits per heavy atom. The molecule has 0 aliphatic carbocycles. The van der Waals surface area contributed by atoms with Crippen molar-refractivity contribution in [3.63, 3.8) is 0 Å². The molecule has 2 aromatic carbocycles. The molecule has 0 saturated heterocycles. The number of rotatable bonds is 7. The summed E-state index contributed by atoms with van der Waals surface area (Å²) in [6.45, 7) is 17.5. The highest BCUT2D eigenvalue weighted by Gasteiger charge is 2.12. The van der Waals surface area contributed by atoms with Gasteiger partial charge in [0.25, 0.3) is 0 Å². The second-order valence-electron chi connectivity index (χ2n) is 10.9. The molecule has 2 heterocycles. The average molecular weight is 569 g/mol. The van der Waals surface area contributed by atoms with Crippen molar-refractivity contribution in [1.29, 1.82) is 0 Å². The van der Waals surface area contributed by atoms with Crippen LogP contribution in [0.5, 0.6) is 0 Å². The number of anilines is 1. The molecule has 0 radical (unpaired) electrons. The first-order valence-electron chi connectivity index (χ1n) is 14.1. The number of nitrogens with zero attached hydrogens (tertiary/aromatic N) is 5. The van der Waals surface area contributed by atoms with Crippen LogP contribution >= 0.6 is 0 Å². The summed E-state index contributed by atoms with van der Waals surface area (Å²) in [5, 5.41) is 0. The summed E-state index contributed by atoms with van der Waals surface area (Å²) in [4.78, 5) is 30.2. The third-order valence-electron chi connectivity index (χ3n) is 6.37. The Balaban J connectivity index is 0.000000344. The third-order valence-corrected chi connectivity index (χ3v) is 6.37. The molecule has 0 unspecified atom stereocenters. The molecule has 7 nitrogen and oxygen atoms in total. The van der Waals surface area contributed by atoms with Crippen molar-refractivity contribution >= 4 is 23.9 Å². The highest BCUT2D eigenvalue weighted by Crippen LogP contribution is 2.34. The Hall–Kier alpha value is -4.26.